The Bertz CT molecular complexity index is 104. The van der Waals surface area contributed by atoms with E-state index in [4.69, 9.17) is 46.4 Å². The van der Waals surface area contributed by atoms with Gasteiger partial charge in [0, 0.05) is 0 Å². The molecule has 0 fully saturated rings. The van der Waals surface area contributed by atoms with Gasteiger partial charge in [-0.2, -0.15) is 0 Å². The maximum Gasteiger partial charge on any atom is 0.218 e. The molecule has 0 bridgehead atoms. The van der Waals surface area contributed by atoms with Crippen LogP contribution in [0.4, 0.5) is 0 Å². The molecule has 1 N–H and O–H groups in total. The van der Waals surface area contributed by atoms with E-state index in [0.29, 0.717) is 0 Å². The zero-order chi connectivity index (χ0) is 7.49. The molecule has 0 aromatic heterocycles. The Morgan fingerprint density at radius 3 is 2.00 bits per heavy atom. The van der Waals surface area contributed by atoms with Crippen molar-refractivity contribution >= 4 is 64.1 Å². The van der Waals surface area contributed by atoms with E-state index in [1.54, 1.807) is 0 Å². The van der Waals surface area contributed by atoms with Gasteiger partial charge in [0.25, 0.3) is 0 Å². The lowest BCUT2D eigenvalue weighted by atomic mass is 10.7. The van der Waals surface area contributed by atoms with Gasteiger partial charge in [0.05, 0.1) is 5.49 Å². The Hall–Kier alpha value is 1.05. The minimum atomic E-state index is -1.38. The van der Waals surface area contributed by atoms with Crippen molar-refractivity contribution in [3.8, 4) is 0 Å². The summed E-state index contributed by atoms with van der Waals surface area (Å²) < 4.78 is -1.38. The molecule has 0 aliphatic carbocycles. The molecule has 1 nitrogen and oxygen atoms in total. The average Bonchev–Trinajstić information content (AvgIpc) is 1.65. The molecule has 54 valence electrons. The summed E-state index contributed by atoms with van der Waals surface area (Å²) in [5.41, 5.74) is 1.15. The molecule has 9 heavy (non-hydrogen) atoms. The molecule has 0 saturated carbocycles. The average molecular weight is 227 g/mol. The van der Waals surface area contributed by atoms with Gasteiger partial charge in [-0.25, -0.2) is 0 Å². The van der Waals surface area contributed by atoms with Gasteiger partial charge in [-0.05, 0) is 0 Å². The van der Waals surface area contributed by atoms with Crippen LogP contribution in [-0.4, -0.2) is 14.8 Å². The topological polar surface area (TPSA) is 12.0 Å². The van der Waals surface area contributed by atoms with Crippen LogP contribution in [0.5, 0.6) is 0 Å². The molecule has 0 amide bonds. The van der Waals surface area contributed by atoms with Crippen molar-refractivity contribution in [2.45, 2.75) is 9.29 Å². The zero-order valence-corrected chi connectivity index (χ0v) is 7.92. The number of nitrogens with one attached hydrogen (secondary N) is 1. The van der Waals surface area contributed by atoms with E-state index in [9.17, 15) is 0 Å². The lowest BCUT2D eigenvalue weighted by Crippen LogP contribution is -2.38. The maximum absolute atomic E-state index is 5.46. The Morgan fingerprint density at radius 2 is 1.89 bits per heavy atom. The number of thiocarbonyl (C=S) groups is 1. The molecule has 0 radical (unpaired) electrons. The second-order valence-corrected chi connectivity index (χ2v) is 3.90. The predicted molar refractivity (Wildman–Crippen MR) is 46.7 cm³/mol. The molecule has 0 aliphatic rings. The van der Waals surface area contributed by atoms with Crippen LogP contribution in [0.2, 0.25) is 0 Å². The first-order valence-electron chi connectivity index (χ1n) is 1.88. The van der Waals surface area contributed by atoms with Crippen LogP contribution in [0.15, 0.2) is 0 Å². The van der Waals surface area contributed by atoms with E-state index in [1.165, 1.54) is 0 Å². The monoisotopic (exact) mass is 225 g/mol. The molecule has 0 unspecified atom stereocenters. The second kappa shape index (κ2) is 4.04. The van der Waals surface area contributed by atoms with Gasteiger partial charge in [0.2, 0.25) is 4.46 Å². The Kier molecular flexibility index (Phi) is 4.51. The van der Waals surface area contributed by atoms with Crippen LogP contribution in [0.25, 0.3) is 0 Å². The van der Waals surface area contributed by atoms with Crippen molar-refractivity contribution in [2.75, 3.05) is 0 Å². The summed E-state index contributed by atoms with van der Waals surface area (Å²) in [6.45, 7) is 0. The highest BCUT2D eigenvalue weighted by Gasteiger charge is 2.30. The molecule has 0 atom stereocenters. The van der Waals surface area contributed by atoms with Gasteiger partial charge >= 0.3 is 0 Å². The number of hydrogen-bond donors (Lipinski definition) is 1. The number of rotatable bonds is 3. The van der Waals surface area contributed by atoms with Crippen LogP contribution in [0.3, 0.4) is 0 Å². The molecule has 0 aliphatic heterocycles. The van der Waals surface area contributed by atoms with Gasteiger partial charge in [0.15, 0.2) is 4.84 Å². The Labute approximate surface area is 78.6 Å². The molecule has 0 aromatic rings. The minimum Gasteiger partial charge on any atom is -0.349 e. The van der Waals surface area contributed by atoms with Gasteiger partial charge in [0.1, 0.15) is 0 Å². The van der Waals surface area contributed by atoms with E-state index in [1.807, 2.05) is 0 Å². The lowest BCUT2D eigenvalue weighted by Gasteiger charge is -2.19. The van der Waals surface area contributed by atoms with E-state index in [-0.39, 0.29) is 0 Å². The third-order valence-corrected chi connectivity index (χ3v) is 2.40. The normalized spacial score (nSPS) is 11.7. The fourth-order valence-electron chi connectivity index (χ4n) is 0.142. The third-order valence-electron chi connectivity index (χ3n) is 0.525. The molecule has 0 heterocycles. The van der Waals surface area contributed by atoms with Gasteiger partial charge in [-0.15, -0.1) is 0 Å². The van der Waals surface area contributed by atoms with E-state index < -0.39 is 9.29 Å². The highest BCUT2D eigenvalue weighted by Crippen LogP contribution is 2.28. The summed E-state index contributed by atoms with van der Waals surface area (Å²) >= 11 is 26.0. The van der Waals surface area contributed by atoms with Crippen molar-refractivity contribution in [2.24, 2.45) is 0 Å². The smallest absolute Gasteiger partial charge is 0.218 e. The summed E-state index contributed by atoms with van der Waals surface area (Å²) in [5.74, 6) is 0. The molecule has 0 rings (SSSR count). The predicted octanol–water partition coefficient (Wildman–Crippen LogP) is 2.47. The van der Waals surface area contributed by atoms with E-state index in [0.717, 1.165) is 5.49 Å². The first-order valence-corrected chi connectivity index (χ1v) is 3.98. The van der Waals surface area contributed by atoms with Gasteiger partial charge in [-0.3, -0.25) is 0 Å². The largest absolute Gasteiger partial charge is 0.349 e. The van der Waals surface area contributed by atoms with Crippen molar-refractivity contribution in [1.29, 1.82) is 0 Å². The molecule has 6 heteroatoms. The number of alkyl halides is 4. The lowest BCUT2D eigenvalue weighted by molar-refractivity contribution is 0.801. The van der Waals surface area contributed by atoms with Gasteiger partial charge in [-0.1, -0.05) is 58.6 Å². The minimum absolute atomic E-state index is 0.917. The van der Waals surface area contributed by atoms with Gasteiger partial charge < -0.3 is 5.32 Å². The molecule has 0 aromatic carbocycles. The zero-order valence-electron chi connectivity index (χ0n) is 4.07. The van der Waals surface area contributed by atoms with E-state index in [2.05, 4.69) is 17.5 Å². The van der Waals surface area contributed by atoms with Crippen LogP contribution < -0.4 is 5.32 Å². The van der Waals surface area contributed by atoms with Crippen LogP contribution in [0.1, 0.15) is 0 Å². The molecule has 0 saturated heterocycles. The maximum atomic E-state index is 5.46. The summed E-state index contributed by atoms with van der Waals surface area (Å²) in [6, 6.07) is 0. The fourth-order valence-corrected chi connectivity index (χ4v) is 0.692. The molecular weight excluding hydrogens is 224 g/mol. The van der Waals surface area contributed by atoms with Crippen molar-refractivity contribution < 1.29 is 0 Å². The molecular formula is C3H3Cl4NS. The Balaban J connectivity index is 3.84. The summed E-state index contributed by atoms with van der Waals surface area (Å²) in [7, 11) is 0. The van der Waals surface area contributed by atoms with Crippen molar-refractivity contribution in [3.63, 3.8) is 0 Å². The first kappa shape index (κ1) is 10.0. The standard InChI is InChI=1S/C3H3Cl4NS/c4-2(5)3(6,7)8-1-9/h1-2H,(H,8,9). The van der Waals surface area contributed by atoms with Crippen LogP contribution in [0, 0.1) is 0 Å². The molecule has 0 spiro atoms. The number of hydrogen-bond acceptors (Lipinski definition) is 1. The van der Waals surface area contributed by atoms with Crippen LogP contribution in [-0.2, 0) is 0 Å². The SMILES string of the molecule is S=CNC(Cl)(Cl)C(Cl)Cl. The number of halogens is 4. The Morgan fingerprint density at radius 1 is 1.44 bits per heavy atom. The highest BCUT2D eigenvalue weighted by molar-refractivity contribution is 7.78. The van der Waals surface area contributed by atoms with E-state index >= 15 is 0 Å². The fraction of sp³-hybridized carbons (Fsp3) is 0.667. The summed E-state index contributed by atoms with van der Waals surface area (Å²) in [5, 5.41) is 2.38. The first-order chi connectivity index (χ1) is 4.00. The summed E-state index contributed by atoms with van der Waals surface area (Å²) in [4.78, 5) is -0.917. The van der Waals surface area contributed by atoms with Crippen molar-refractivity contribution in [3.05, 3.63) is 0 Å². The highest BCUT2D eigenvalue weighted by atomic mass is 35.5. The third kappa shape index (κ3) is 3.68. The second-order valence-electron chi connectivity index (χ2n) is 1.19. The summed E-state index contributed by atoms with van der Waals surface area (Å²) in [6.07, 6.45) is 0. The quantitative estimate of drug-likeness (QED) is 0.451. The van der Waals surface area contributed by atoms with Crippen molar-refractivity contribution in [1.82, 2.24) is 5.32 Å². The van der Waals surface area contributed by atoms with Crippen LogP contribution >= 0.6 is 58.6 Å².